The summed E-state index contributed by atoms with van der Waals surface area (Å²) in [6.45, 7) is 2.14. The monoisotopic (exact) mass is 145 g/mol. The molecule has 0 radical (unpaired) electrons. The van der Waals surface area contributed by atoms with Crippen LogP contribution >= 0.6 is 11.8 Å². The standard InChI is InChI=1S/C6H11NOS/c1-2-6(5-7)9-4-3-8/h6,8H,2-4H2,1H3. The van der Waals surface area contributed by atoms with Gasteiger partial charge in [0.15, 0.2) is 0 Å². The molecule has 0 aliphatic heterocycles. The van der Waals surface area contributed by atoms with E-state index in [2.05, 4.69) is 6.07 Å². The van der Waals surface area contributed by atoms with Gasteiger partial charge < -0.3 is 5.11 Å². The molecule has 9 heavy (non-hydrogen) atoms. The lowest BCUT2D eigenvalue weighted by Crippen LogP contribution is -1.99. The lowest BCUT2D eigenvalue weighted by Gasteiger charge is -2.01. The summed E-state index contributed by atoms with van der Waals surface area (Å²) in [6, 6.07) is 2.14. The van der Waals surface area contributed by atoms with Gasteiger partial charge in [-0.2, -0.15) is 5.26 Å². The molecule has 2 nitrogen and oxygen atoms in total. The summed E-state index contributed by atoms with van der Waals surface area (Å²) in [4.78, 5) is 0. The summed E-state index contributed by atoms with van der Waals surface area (Å²) in [5.41, 5.74) is 0. The molecule has 52 valence electrons. The van der Waals surface area contributed by atoms with E-state index in [-0.39, 0.29) is 11.9 Å². The highest BCUT2D eigenvalue weighted by molar-refractivity contribution is 8.00. The van der Waals surface area contributed by atoms with Gasteiger partial charge in [0.05, 0.1) is 17.9 Å². The Kier molecular flexibility index (Phi) is 5.80. The van der Waals surface area contributed by atoms with Gasteiger partial charge in [-0.15, -0.1) is 11.8 Å². The molecule has 0 saturated carbocycles. The van der Waals surface area contributed by atoms with E-state index in [1.807, 2.05) is 6.92 Å². The van der Waals surface area contributed by atoms with Crippen LogP contribution in [0.25, 0.3) is 0 Å². The van der Waals surface area contributed by atoms with Crippen LogP contribution in [0, 0.1) is 11.3 Å². The van der Waals surface area contributed by atoms with Crippen molar-refractivity contribution in [2.75, 3.05) is 12.4 Å². The topological polar surface area (TPSA) is 44.0 Å². The lowest BCUT2D eigenvalue weighted by molar-refractivity contribution is 0.322. The fourth-order valence-electron chi connectivity index (χ4n) is 0.441. The second kappa shape index (κ2) is 5.93. The molecule has 0 aliphatic carbocycles. The fourth-order valence-corrected chi connectivity index (χ4v) is 1.14. The maximum atomic E-state index is 8.40. The van der Waals surface area contributed by atoms with Crippen LogP contribution < -0.4 is 0 Å². The van der Waals surface area contributed by atoms with Crippen molar-refractivity contribution in [1.29, 1.82) is 5.26 Å². The number of thioether (sulfide) groups is 1. The van der Waals surface area contributed by atoms with Gasteiger partial charge in [0.2, 0.25) is 0 Å². The highest BCUT2D eigenvalue weighted by Crippen LogP contribution is 2.11. The third-order valence-corrected chi connectivity index (χ3v) is 2.18. The number of aliphatic hydroxyl groups is 1. The molecule has 0 aromatic carbocycles. The number of aliphatic hydroxyl groups excluding tert-OH is 1. The first-order valence-electron chi connectivity index (χ1n) is 2.97. The third-order valence-electron chi connectivity index (χ3n) is 0.925. The van der Waals surface area contributed by atoms with Crippen LogP contribution in [-0.4, -0.2) is 22.7 Å². The summed E-state index contributed by atoms with van der Waals surface area (Å²) in [5.74, 6) is 0.673. The zero-order chi connectivity index (χ0) is 7.11. The molecular weight excluding hydrogens is 134 g/mol. The first-order valence-corrected chi connectivity index (χ1v) is 4.02. The number of hydrogen-bond acceptors (Lipinski definition) is 3. The summed E-state index contributed by atoms with van der Waals surface area (Å²) in [7, 11) is 0. The predicted octanol–water partition coefficient (Wildman–Crippen LogP) is 1.01. The number of hydrogen-bond donors (Lipinski definition) is 1. The van der Waals surface area contributed by atoms with Crippen molar-refractivity contribution in [3.63, 3.8) is 0 Å². The van der Waals surface area contributed by atoms with E-state index < -0.39 is 0 Å². The smallest absolute Gasteiger partial charge is 0.0914 e. The van der Waals surface area contributed by atoms with Crippen LogP contribution in [0.2, 0.25) is 0 Å². The van der Waals surface area contributed by atoms with Crippen molar-refractivity contribution >= 4 is 11.8 Å². The van der Waals surface area contributed by atoms with E-state index in [0.717, 1.165) is 6.42 Å². The van der Waals surface area contributed by atoms with Gasteiger partial charge in [0, 0.05) is 5.75 Å². The summed E-state index contributed by atoms with van der Waals surface area (Å²) >= 11 is 1.51. The largest absolute Gasteiger partial charge is 0.396 e. The summed E-state index contributed by atoms with van der Waals surface area (Å²) in [5, 5.41) is 16.8. The lowest BCUT2D eigenvalue weighted by atomic mass is 10.4. The van der Waals surface area contributed by atoms with Crippen LogP contribution in [-0.2, 0) is 0 Å². The normalized spacial score (nSPS) is 12.6. The average Bonchev–Trinajstić information content (AvgIpc) is 1.91. The molecule has 1 unspecified atom stereocenters. The van der Waals surface area contributed by atoms with Crippen LogP contribution in [0.5, 0.6) is 0 Å². The van der Waals surface area contributed by atoms with Gasteiger partial charge in [-0.3, -0.25) is 0 Å². The van der Waals surface area contributed by atoms with Gasteiger partial charge >= 0.3 is 0 Å². The zero-order valence-electron chi connectivity index (χ0n) is 5.50. The Morgan fingerprint density at radius 3 is 2.78 bits per heavy atom. The first kappa shape index (κ1) is 8.80. The molecule has 0 saturated heterocycles. The van der Waals surface area contributed by atoms with Crippen LogP contribution in [0.3, 0.4) is 0 Å². The number of nitriles is 1. The second-order valence-corrected chi connectivity index (χ2v) is 2.93. The van der Waals surface area contributed by atoms with Gasteiger partial charge in [0.25, 0.3) is 0 Å². The Morgan fingerprint density at radius 2 is 2.44 bits per heavy atom. The Bertz CT molecular complexity index is 99.7. The van der Waals surface area contributed by atoms with Crippen LogP contribution in [0.1, 0.15) is 13.3 Å². The molecule has 0 aliphatic rings. The van der Waals surface area contributed by atoms with Crippen molar-refractivity contribution in [2.24, 2.45) is 0 Å². The Labute approximate surface area is 59.9 Å². The van der Waals surface area contributed by atoms with Gasteiger partial charge in [-0.05, 0) is 6.42 Å². The summed E-state index contributed by atoms with van der Waals surface area (Å²) in [6.07, 6.45) is 0.862. The van der Waals surface area contributed by atoms with Crippen LogP contribution in [0.4, 0.5) is 0 Å². The molecule has 0 bridgehead atoms. The zero-order valence-corrected chi connectivity index (χ0v) is 6.32. The predicted molar refractivity (Wildman–Crippen MR) is 39.2 cm³/mol. The van der Waals surface area contributed by atoms with Crippen molar-refractivity contribution in [1.82, 2.24) is 0 Å². The Balaban J connectivity index is 3.23. The van der Waals surface area contributed by atoms with Crippen molar-refractivity contribution in [3.05, 3.63) is 0 Å². The SMILES string of the molecule is CCC(C#N)SCCO. The minimum absolute atomic E-state index is 0.0668. The molecule has 0 aromatic heterocycles. The molecule has 0 fully saturated rings. The number of rotatable bonds is 4. The van der Waals surface area contributed by atoms with Crippen molar-refractivity contribution < 1.29 is 5.11 Å². The molecule has 1 atom stereocenters. The van der Waals surface area contributed by atoms with E-state index in [4.69, 9.17) is 10.4 Å². The maximum absolute atomic E-state index is 8.40. The molecule has 0 heterocycles. The van der Waals surface area contributed by atoms with Crippen molar-refractivity contribution in [3.8, 4) is 6.07 Å². The quantitative estimate of drug-likeness (QED) is 0.642. The van der Waals surface area contributed by atoms with Crippen molar-refractivity contribution in [2.45, 2.75) is 18.6 Å². The molecular formula is C6H11NOS. The van der Waals surface area contributed by atoms with E-state index in [1.165, 1.54) is 11.8 Å². The van der Waals surface area contributed by atoms with Gasteiger partial charge in [0.1, 0.15) is 0 Å². The highest BCUT2D eigenvalue weighted by atomic mass is 32.2. The third kappa shape index (κ3) is 4.31. The Morgan fingerprint density at radius 1 is 1.78 bits per heavy atom. The van der Waals surface area contributed by atoms with Gasteiger partial charge in [-0.25, -0.2) is 0 Å². The molecule has 1 N–H and O–H groups in total. The molecule has 0 aromatic rings. The minimum Gasteiger partial charge on any atom is -0.396 e. The average molecular weight is 145 g/mol. The van der Waals surface area contributed by atoms with Crippen LogP contribution in [0.15, 0.2) is 0 Å². The van der Waals surface area contributed by atoms with E-state index in [9.17, 15) is 0 Å². The molecule has 0 amide bonds. The van der Waals surface area contributed by atoms with E-state index in [1.54, 1.807) is 0 Å². The van der Waals surface area contributed by atoms with E-state index >= 15 is 0 Å². The fraction of sp³-hybridized carbons (Fsp3) is 0.833. The molecule has 0 spiro atoms. The second-order valence-electron chi connectivity index (χ2n) is 1.62. The Hall–Kier alpha value is -0.200. The number of nitrogens with zero attached hydrogens (tertiary/aromatic N) is 1. The maximum Gasteiger partial charge on any atom is 0.0914 e. The summed E-state index contributed by atoms with van der Waals surface area (Å²) < 4.78 is 0. The highest BCUT2D eigenvalue weighted by Gasteiger charge is 2.01. The van der Waals surface area contributed by atoms with Gasteiger partial charge in [-0.1, -0.05) is 6.92 Å². The van der Waals surface area contributed by atoms with E-state index in [0.29, 0.717) is 5.75 Å². The molecule has 3 heteroatoms. The molecule has 0 rings (SSSR count). The first-order chi connectivity index (χ1) is 4.35. The minimum atomic E-state index is 0.0668.